The number of aliphatic hydroxyl groups excluding tert-OH is 3. The second kappa shape index (κ2) is 4.86. The van der Waals surface area contributed by atoms with E-state index in [2.05, 4.69) is 13.8 Å². The minimum atomic E-state index is -0.739. The first-order valence-electron chi connectivity index (χ1n) is 6.00. The Hall–Kier alpha value is -0.380. The summed E-state index contributed by atoms with van der Waals surface area (Å²) < 4.78 is 0. The van der Waals surface area contributed by atoms with E-state index in [9.17, 15) is 15.3 Å². The summed E-state index contributed by atoms with van der Waals surface area (Å²) in [7, 11) is 0. The van der Waals surface area contributed by atoms with E-state index in [1.54, 1.807) is 6.92 Å². The van der Waals surface area contributed by atoms with Crippen LogP contribution >= 0.6 is 0 Å². The van der Waals surface area contributed by atoms with Gasteiger partial charge in [0.2, 0.25) is 0 Å². The van der Waals surface area contributed by atoms with Crippen LogP contribution in [0.15, 0.2) is 11.1 Å². The van der Waals surface area contributed by atoms with Crippen molar-refractivity contribution in [1.82, 2.24) is 0 Å². The Bertz CT molecular complexity index is 279. The molecule has 0 aromatic carbocycles. The van der Waals surface area contributed by atoms with Crippen molar-refractivity contribution in [2.45, 2.75) is 65.3 Å². The van der Waals surface area contributed by atoms with Gasteiger partial charge in [-0.1, -0.05) is 19.4 Å². The van der Waals surface area contributed by atoms with Gasteiger partial charge in [0.15, 0.2) is 0 Å². The molecule has 3 heteroatoms. The summed E-state index contributed by atoms with van der Waals surface area (Å²) in [6.45, 7) is 7.83. The van der Waals surface area contributed by atoms with Gasteiger partial charge in [0, 0.05) is 0 Å². The van der Waals surface area contributed by atoms with Crippen molar-refractivity contribution in [3.05, 3.63) is 11.1 Å². The molecule has 3 N–H and O–H groups in total. The summed E-state index contributed by atoms with van der Waals surface area (Å²) in [6.07, 6.45) is 0.363. The zero-order valence-corrected chi connectivity index (χ0v) is 10.7. The largest absolute Gasteiger partial charge is 0.393 e. The zero-order valence-electron chi connectivity index (χ0n) is 10.7. The first kappa shape index (κ1) is 13.7. The fourth-order valence-corrected chi connectivity index (χ4v) is 2.65. The van der Waals surface area contributed by atoms with Crippen LogP contribution in [0.4, 0.5) is 0 Å². The lowest BCUT2D eigenvalue weighted by atomic mass is 9.69. The summed E-state index contributed by atoms with van der Waals surface area (Å²) in [5.74, 6) is 0. The van der Waals surface area contributed by atoms with E-state index in [4.69, 9.17) is 0 Å². The lowest BCUT2D eigenvalue weighted by molar-refractivity contribution is 0.00417. The highest BCUT2D eigenvalue weighted by atomic mass is 16.3. The van der Waals surface area contributed by atoms with E-state index in [-0.39, 0.29) is 11.5 Å². The fraction of sp³-hybridized carbons (Fsp3) is 0.846. The standard InChI is InChI=1S/C13H24O3/c1-8(14)5-6-10-9(2)12(16)11(15)7-13(10,3)4/h8,11-12,14-16H,5-7H2,1-4H3. The molecule has 16 heavy (non-hydrogen) atoms. The molecule has 3 nitrogen and oxygen atoms in total. The summed E-state index contributed by atoms with van der Waals surface area (Å²) in [6, 6.07) is 0. The number of aliphatic hydroxyl groups is 3. The molecule has 0 aliphatic heterocycles. The van der Waals surface area contributed by atoms with Gasteiger partial charge in [0.25, 0.3) is 0 Å². The Morgan fingerprint density at radius 3 is 2.44 bits per heavy atom. The monoisotopic (exact) mass is 228 g/mol. The highest BCUT2D eigenvalue weighted by Crippen LogP contribution is 2.42. The van der Waals surface area contributed by atoms with E-state index in [0.717, 1.165) is 12.0 Å². The van der Waals surface area contributed by atoms with Crippen LogP contribution in [-0.2, 0) is 0 Å². The molecule has 0 spiro atoms. The SMILES string of the molecule is CC1=C(CCC(C)O)C(C)(C)CC(O)C1O. The maximum Gasteiger partial charge on any atom is 0.101 e. The van der Waals surface area contributed by atoms with E-state index >= 15 is 0 Å². The van der Waals surface area contributed by atoms with Crippen LogP contribution in [0.25, 0.3) is 0 Å². The molecule has 0 saturated carbocycles. The Balaban J connectivity index is 2.90. The third-order valence-corrected chi connectivity index (χ3v) is 3.63. The van der Waals surface area contributed by atoms with Crippen LogP contribution in [0.3, 0.4) is 0 Å². The lowest BCUT2D eigenvalue weighted by Gasteiger charge is -2.40. The van der Waals surface area contributed by atoms with E-state index in [1.807, 2.05) is 6.92 Å². The van der Waals surface area contributed by atoms with E-state index in [1.165, 1.54) is 5.57 Å². The van der Waals surface area contributed by atoms with Gasteiger partial charge < -0.3 is 15.3 Å². The first-order chi connectivity index (χ1) is 7.25. The number of rotatable bonds is 3. The van der Waals surface area contributed by atoms with Gasteiger partial charge in [0.1, 0.15) is 6.10 Å². The van der Waals surface area contributed by atoms with Crippen LogP contribution in [0.2, 0.25) is 0 Å². The van der Waals surface area contributed by atoms with Gasteiger partial charge in [-0.25, -0.2) is 0 Å². The van der Waals surface area contributed by atoms with Gasteiger partial charge in [0.05, 0.1) is 12.2 Å². The van der Waals surface area contributed by atoms with Crippen molar-refractivity contribution in [1.29, 1.82) is 0 Å². The third-order valence-electron chi connectivity index (χ3n) is 3.63. The molecule has 0 aromatic heterocycles. The summed E-state index contributed by atoms with van der Waals surface area (Å²) in [5, 5.41) is 28.9. The third kappa shape index (κ3) is 2.84. The molecule has 1 aliphatic carbocycles. The maximum absolute atomic E-state index is 9.84. The highest BCUT2D eigenvalue weighted by Gasteiger charge is 2.37. The molecule has 94 valence electrons. The Morgan fingerprint density at radius 1 is 1.38 bits per heavy atom. The summed E-state index contributed by atoms with van der Waals surface area (Å²) in [4.78, 5) is 0. The van der Waals surface area contributed by atoms with Gasteiger partial charge in [-0.3, -0.25) is 0 Å². The molecule has 3 unspecified atom stereocenters. The molecule has 3 atom stereocenters. The van der Waals surface area contributed by atoms with Crippen molar-refractivity contribution in [2.75, 3.05) is 0 Å². The van der Waals surface area contributed by atoms with Gasteiger partial charge in [-0.2, -0.15) is 0 Å². The predicted molar refractivity (Wildman–Crippen MR) is 64.0 cm³/mol. The predicted octanol–water partition coefficient (Wildman–Crippen LogP) is 1.62. The van der Waals surface area contributed by atoms with E-state index in [0.29, 0.717) is 12.8 Å². The Labute approximate surface area is 97.8 Å². The normalized spacial score (nSPS) is 31.7. The van der Waals surface area contributed by atoms with Crippen molar-refractivity contribution in [3.8, 4) is 0 Å². The molecule has 0 heterocycles. The minimum absolute atomic E-state index is 0.0857. The molecule has 1 aliphatic rings. The zero-order chi connectivity index (χ0) is 12.5. The van der Waals surface area contributed by atoms with Crippen LogP contribution in [0.5, 0.6) is 0 Å². The molecule has 0 amide bonds. The maximum atomic E-state index is 9.84. The van der Waals surface area contributed by atoms with E-state index < -0.39 is 12.2 Å². The average Bonchev–Trinajstić information content (AvgIpc) is 2.12. The van der Waals surface area contributed by atoms with Crippen molar-refractivity contribution >= 4 is 0 Å². The van der Waals surface area contributed by atoms with Gasteiger partial charge in [-0.15, -0.1) is 0 Å². The minimum Gasteiger partial charge on any atom is -0.393 e. The number of hydrogen-bond donors (Lipinski definition) is 3. The molecular formula is C13H24O3. The average molecular weight is 228 g/mol. The van der Waals surface area contributed by atoms with Crippen LogP contribution in [0.1, 0.15) is 47.0 Å². The topological polar surface area (TPSA) is 60.7 Å². The second-order valence-electron chi connectivity index (χ2n) is 5.65. The Kier molecular flexibility index (Phi) is 4.16. The highest BCUT2D eigenvalue weighted by molar-refractivity contribution is 5.27. The lowest BCUT2D eigenvalue weighted by Crippen LogP contribution is -2.39. The molecular weight excluding hydrogens is 204 g/mol. The first-order valence-corrected chi connectivity index (χ1v) is 6.00. The van der Waals surface area contributed by atoms with Crippen molar-refractivity contribution in [2.24, 2.45) is 5.41 Å². The number of allylic oxidation sites excluding steroid dienone is 1. The molecule has 0 bridgehead atoms. The van der Waals surface area contributed by atoms with Gasteiger partial charge >= 0.3 is 0 Å². The van der Waals surface area contributed by atoms with Crippen molar-refractivity contribution < 1.29 is 15.3 Å². The molecule has 1 rings (SSSR count). The quantitative estimate of drug-likeness (QED) is 0.643. The van der Waals surface area contributed by atoms with Crippen LogP contribution in [-0.4, -0.2) is 33.6 Å². The van der Waals surface area contributed by atoms with Crippen LogP contribution in [0, 0.1) is 5.41 Å². The van der Waals surface area contributed by atoms with Crippen molar-refractivity contribution in [3.63, 3.8) is 0 Å². The summed E-state index contributed by atoms with van der Waals surface area (Å²) in [5.41, 5.74) is 1.98. The fourth-order valence-electron chi connectivity index (χ4n) is 2.65. The molecule has 0 aromatic rings. The molecule has 0 fully saturated rings. The molecule has 0 saturated heterocycles. The Morgan fingerprint density at radius 2 is 1.94 bits per heavy atom. The summed E-state index contributed by atoms with van der Waals surface area (Å²) >= 11 is 0. The smallest absolute Gasteiger partial charge is 0.101 e. The second-order valence-corrected chi connectivity index (χ2v) is 5.65. The molecule has 0 radical (unpaired) electrons. The van der Waals surface area contributed by atoms with Crippen LogP contribution < -0.4 is 0 Å². The van der Waals surface area contributed by atoms with Gasteiger partial charge in [-0.05, 0) is 44.1 Å². The number of hydrogen-bond acceptors (Lipinski definition) is 3.